The molecular weight excluding hydrogens is 200 g/mol. The summed E-state index contributed by atoms with van der Waals surface area (Å²) in [7, 11) is 0. The van der Waals surface area contributed by atoms with Crippen LogP contribution in [0.1, 0.15) is 0 Å². The van der Waals surface area contributed by atoms with E-state index in [4.69, 9.17) is 17.2 Å². The highest BCUT2D eigenvalue weighted by Crippen LogP contribution is 2.24. The van der Waals surface area contributed by atoms with Gasteiger partial charge >= 0.3 is 0 Å². The topological polar surface area (TPSA) is 142 Å². The molecule has 3 atom stereocenters. The third-order valence-corrected chi connectivity index (χ3v) is 2.41. The molecule has 0 aromatic heterocycles. The van der Waals surface area contributed by atoms with E-state index in [0.717, 1.165) is 0 Å². The zero-order valence-electron chi connectivity index (χ0n) is 7.92. The van der Waals surface area contributed by atoms with Gasteiger partial charge in [-0.15, -0.1) is 0 Å². The molecule has 82 valence electrons. The molecule has 0 aromatic rings. The molecule has 1 aliphatic heterocycles. The SMILES string of the molecule is NC(=O)C1C=NCC(C(N)=O)C1C(N)=O. The number of nitrogens with two attached hydrogens (primary N) is 3. The van der Waals surface area contributed by atoms with Crippen molar-refractivity contribution in [1.82, 2.24) is 0 Å². The monoisotopic (exact) mass is 212 g/mol. The van der Waals surface area contributed by atoms with Gasteiger partial charge < -0.3 is 17.2 Å². The zero-order chi connectivity index (χ0) is 11.6. The van der Waals surface area contributed by atoms with Gasteiger partial charge in [-0.05, 0) is 0 Å². The van der Waals surface area contributed by atoms with Crippen molar-refractivity contribution in [1.29, 1.82) is 0 Å². The average Bonchev–Trinajstić information content (AvgIpc) is 2.16. The molecule has 0 saturated carbocycles. The molecule has 0 saturated heterocycles. The molecule has 7 nitrogen and oxygen atoms in total. The lowest BCUT2D eigenvalue weighted by atomic mass is 9.78. The van der Waals surface area contributed by atoms with Gasteiger partial charge in [0.2, 0.25) is 17.7 Å². The number of primary amides is 3. The summed E-state index contributed by atoms with van der Waals surface area (Å²) in [6.45, 7) is 0.0622. The summed E-state index contributed by atoms with van der Waals surface area (Å²) in [6, 6.07) is 0. The highest BCUT2D eigenvalue weighted by molar-refractivity contribution is 6.00. The summed E-state index contributed by atoms with van der Waals surface area (Å²) in [5, 5.41) is 0. The Labute approximate surface area is 85.7 Å². The van der Waals surface area contributed by atoms with E-state index in [1.54, 1.807) is 0 Å². The standard InChI is InChI=1S/C8H12N4O3/c9-6(13)3-1-12-2-4(7(10)14)5(3)8(11)15/h1,3-5H,2H2,(H2,9,13)(H2,10,14)(H2,11,15). The van der Waals surface area contributed by atoms with Crippen molar-refractivity contribution in [2.75, 3.05) is 6.54 Å². The Morgan fingerprint density at radius 1 is 1.07 bits per heavy atom. The molecule has 1 rings (SSSR count). The molecule has 0 aliphatic carbocycles. The molecule has 3 unspecified atom stereocenters. The van der Waals surface area contributed by atoms with Crippen LogP contribution in [0.15, 0.2) is 4.99 Å². The van der Waals surface area contributed by atoms with Crippen molar-refractivity contribution in [2.45, 2.75) is 0 Å². The fraction of sp³-hybridized carbons (Fsp3) is 0.500. The van der Waals surface area contributed by atoms with Crippen LogP contribution in [0.2, 0.25) is 0 Å². The van der Waals surface area contributed by atoms with Gasteiger partial charge in [-0.2, -0.15) is 0 Å². The van der Waals surface area contributed by atoms with Gasteiger partial charge in [-0.3, -0.25) is 19.4 Å². The average molecular weight is 212 g/mol. The summed E-state index contributed by atoms with van der Waals surface area (Å²) < 4.78 is 0. The molecule has 7 heteroatoms. The lowest BCUT2D eigenvalue weighted by molar-refractivity contribution is -0.135. The van der Waals surface area contributed by atoms with Crippen LogP contribution in [0.5, 0.6) is 0 Å². The Morgan fingerprint density at radius 2 is 1.67 bits per heavy atom. The predicted molar refractivity (Wildman–Crippen MR) is 51.4 cm³/mol. The van der Waals surface area contributed by atoms with E-state index < -0.39 is 35.5 Å². The summed E-state index contributed by atoms with van der Waals surface area (Å²) in [4.78, 5) is 36.9. The second-order valence-corrected chi connectivity index (χ2v) is 3.38. The largest absolute Gasteiger partial charge is 0.369 e. The predicted octanol–water partition coefficient (Wildman–Crippen LogP) is -2.62. The van der Waals surface area contributed by atoms with E-state index in [9.17, 15) is 14.4 Å². The normalized spacial score (nSPS) is 29.7. The number of aliphatic imine (C=N–C) groups is 1. The first-order chi connectivity index (χ1) is 6.95. The molecule has 0 bridgehead atoms. The van der Waals surface area contributed by atoms with E-state index in [1.165, 1.54) is 6.21 Å². The third kappa shape index (κ3) is 2.12. The number of carbonyl (C=O) groups is 3. The molecule has 1 aliphatic rings. The Hall–Kier alpha value is -1.92. The fourth-order valence-corrected chi connectivity index (χ4v) is 1.64. The van der Waals surface area contributed by atoms with E-state index in [0.29, 0.717) is 0 Å². The molecule has 0 fully saturated rings. The summed E-state index contributed by atoms with van der Waals surface area (Å²) >= 11 is 0. The van der Waals surface area contributed by atoms with Crippen molar-refractivity contribution < 1.29 is 14.4 Å². The van der Waals surface area contributed by atoms with Crippen LogP contribution in [0.25, 0.3) is 0 Å². The maximum Gasteiger partial charge on any atom is 0.226 e. The molecular formula is C8H12N4O3. The van der Waals surface area contributed by atoms with E-state index in [-0.39, 0.29) is 6.54 Å². The second-order valence-electron chi connectivity index (χ2n) is 3.38. The van der Waals surface area contributed by atoms with Gasteiger partial charge in [0.25, 0.3) is 0 Å². The smallest absolute Gasteiger partial charge is 0.226 e. The number of hydrogen-bond donors (Lipinski definition) is 3. The number of amides is 3. The summed E-state index contributed by atoms with van der Waals surface area (Å²) in [6.07, 6.45) is 1.25. The van der Waals surface area contributed by atoms with Crippen LogP contribution >= 0.6 is 0 Å². The number of hydrogen-bond acceptors (Lipinski definition) is 4. The van der Waals surface area contributed by atoms with Gasteiger partial charge in [0, 0.05) is 6.21 Å². The first-order valence-corrected chi connectivity index (χ1v) is 4.33. The first kappa shape index (κ1) is 11.2. The van der Waals surface area contributed by atoms with Crippen LogP contribution in [-0.2, 0) is 14.4 Å². The minimum absolute atomic E-state index is 0.0622. The highest BCUT2D eigenvalue weighted by Gasteiger charge is 2.41. The maximum absolute atomic E-state index is 11.1. The van der Waals surface area contributed by atoms with Crippen molar-refractivity contribution in [3.05, 3.63) is 0 Å². The zero-order valence-corrected chi connectivity index (χ0v) is 7.92. The number of nitrogens with zero attached hydrogens (tertiary/aromatic N) is 1. The first-order valence-electron chi connectivity index (χ1n) is 4.33. The maximum atomic E-state index is 11.1. The van der Waals surface area contributed by atoms with Crippen molar-refractivity contribution >= 4 is 23.9 Å². The van der Waals surface area contributed by atoms with E-state index >= 15 is 0 Å². The Bertz CT molecular complexity index is 339. The number of carbonyl (C=O) groups excluding carboxylic acids is 3. The van der Waals surface area contributed by atoms with Crippen LogP contribution in [0.4, 0.5) is 0 Å². The molecule has 15 heavy (non-hydrogen) atoms. The Balaban J connectivity index is 3.04. The van der Waals surface area contributed by atoms with Gasteiger partial charge in [0.1, 0.15) is 0 Å². The van der Waals surface area contributed by atoms with E-state index in [2.05, 4.69) is 4.99 Å². The molecule has 0 spiro atoms. The van der Waals surface area contributed by atoms with Gasteiger partial charge in [0.15, 0.2) is 0 Å². The summed E-state index contributed by atoms with van der Waals surface area (Å²) in [5.41, 5.74) is 15.3. The minimum atomic E-state index is -0.988. The van der Waals surface area contributed by atoms with Crippen molar-refractivity contribution in [3.8, 4) is 0 Å². The Kier molecular flexibility index (Phi) is 3.03. The lowest BCUT2D eigenvalue weighted by Gasteiger charge is -2.27. The van der Waals surface area contributed by atoms with Crippen molar-refractivity contribution in [2.24, 2.45) is 39.9 Å². The fourth-order valence-electron chi connectivity index (χ4n) is 1.64. The lowest BCUT2D eigenvalue weighted by Crippen LogP contribution is -2.49. The Morgan fingerprint density at radius 3 is 2.07 bits per heavy atom. The highest BCUT2D eigenvalue weighted by atomic mass is 16.2. The quantitative estimate of drug-likeness (QED) is 0.471. The van der Waals surface area contributed by atoms with Gasteiger partial charge in [-0.1, -0.05) is 0 Å². The van der Waals surface area contributed by atoms with Crippen LogP contribution < -0.4 is 17.2 Å². The van der Waals surface area contributed by atoms with E-state index in [1.807, 2.05) is 0 Å². The minimum Gasteiger partial charge on any atom is -0.369 e. The molecule has 0 aromatic carbocycles. The van der Waals surface area contributed by atoms with Crippen molar-refractivity contribution in [3.63, 3.8) is 0 Å². The third-order valence-electron chi connectivity index (χ3n) is 2.41. The number of rotatable bonds is 3. The van der Waals surface area contributed by atoms with Crippen LogP contribution in [-0.4, -0.2) is 30.5 Å². The van der Waals surface area contributed by atoms with Gasteiger partial charge in [0.05, 0.1) is 24.3 Å². The molecule has 3 amide bonds. The summed E-state index contributed by atoms with van der Waals surface area (Å²) in [5.74, 6) is -5.01. The second kappa shape index (κ2) is 4.07. The van der Waals surface area contributed by atoms with Crippen LogP contribution in [0, 0.1) is 17.8 Å². The van der Waals surface area contributed by atoms with Crippen LogP contribution in [0.3, 0.4) is 0 Å². The molecule has 0 radical (unpaired) electrons. The van der Waals surface area contributed by atoms with Gasteiger partial charge in [-0.25, -0.2) is 0 Å². The molecule has 6 N–H and O–H groups in total. The molecule has 1 heterocycles.